The molecule has 0 spiro atoms. The molecule has 3 heteroatoms. The van der Waals surface area contributed by atoms with Gasteiger partial charge in [-0.3, -0.25) is 0 Å². The van der Waals surface area contributed by atoms with Crippen molar-refractivity contribution in [2.45, 2.75) is 0 Å². The molecule has 10 rings (SSSR count). The summed E-state index contributed by atoms with van der Waals surface area (Å²) in [5, 5.41) is 7.76. The zero-order valence-electron chi connectivity index (χ0n) is 26.5. The van der Waals surface area contributed by atoms with Crippen molar-refractivity contribution < 1.29 is 0 Å². The minimum absolute atomic E-state index is 1.13. The highest BCUT2D eigenvalue weighted by molar-refractivity contribution is 7.26. The third kappa shape index (κ3) is 4.90. The molecule has 0 unspecified atom stereocenters. The van der Waals surface area contributed by atoms with E-state index in [1.807, 2.05) is 22.7 Å². The monoisotopic (exact) mass is 659 g/mol. The van der Waals surface area contributed by atoms with Crippen molar-refractivity contribution in [3.8, 4) is 22.3 Å². The summed E-state index contributed by atoms with van der Waals surface area (Å²) >= 11 is 3.72. The van der Waals surface area contributed by atoms with Crippen LogP contribution in [0.2, 0.25) is 0 Å². The molecule has 8 aromatic carbocycles. The van der Waals surface area contributed by atoms with Crippen molar-refractivity contribution in [1.29, 1.82) is 0 Å². The Morgan fingerprint density at radius 1 is 0.286 bits per heavy atom. The van der Waals surface area contributed by atoms with E-state index >= 15 is 0 Å². The van der Waals surface area contributed by atoms with Crippen molar-refractivity contribution in [3.05, 3.63) is 176 Å². The van der Waals surface area contributed by atoms with Crippen LogP contribution < -0.4 is 4.90 Å². The number of thiophene rings is 2. The molecule has 0 aliphatic carbocycles. The molecular weight excluding hydrogens is 631 g/mol. The highest BCUT2D eigenvalue weighted by Crippen LogP contribution is 2.42. The van der Waals surface area contributed by atoms with Crippen molar-refractivity contribution in [3.63, 3.8) is 0 Å². The third-order valence-corrected chi connectivity index (χ3v) is 11.9. The van der Waals surface area contributed by atoms with Crippen LogP contribution in [0.1, 0.15) is 0 Å². The zero-order valence-corrected chi connectivity index (χ0v) is 28.1. The number of rotatable bonds is 5. The molecule has 2 heterocycles. The second-order valence-electron chi connectivity index (χ2n) is 12.6. The molecule has 0 atom stereocenters. The molecule has 0 saturated carbocycles. The minimum Gasteiger partial charge on any atom is -0.310 e. The molecule has 0 N–H and O–H groups in total. The number of fused-ring (bicyclic) bond motifs is 7. The van der Waals surface area contributed by atoms with E-state index in [1.54, 1.807) is 0 Å². The lowest BCUT2D eigenvalue weighted by atomic mass is 10.00. The topological polar surface area (TPSA) is 3.24 Å². The van der Waals surface area contributed by atoms with Gasteiger partial charge in [-0.2, -0.15) is 0 Å². The molecule has 230 valence electrons. The summed E-state index contributed by atoms with van der Waals surface area (Å²) in [5.41, 5.74) is 8.26. The van der Waals surface area contributed by atoms with Crippen molar-refractivity contribution in [1.82, 2.24) is 0 Å². The van der Waals surface area contributed by atoms with Crippen molar-refractivity contribution in [2.75, 3.05) is 4.90 Å². The van der Waals surface area contributed by atoms with E-state index in [4.69, 9.17) is 0 Å². The van der Waals surface area contributed by atoms with Crippen LogP contribution in [0.25, 0.3) is 73.4 Å². The molecule has 0 amide bonds. The molecule has 0 aliphatic heterocycles. The smallest absolute Gasteiger partial charge is 0.0468 e. The normalized spacial score (nSPS) is 11.7. The number of nitrogens with zero attached hydrogens (tertiary/aromatic N) is 1. The molecule has 0 radical (unpaired) electrons. The maximum absolute atomic E-state index is 2.40. The fourth-order valence-corrected chi connectivity index (χ4v) is 9.38. The Morgan fingerprint density at radius 3 is 1.59 bits per heavy atom. The average Bonchev–Trinajstić information content (AvgIpc) is 3.73. The fourth-order valence-electron chi connectivity index (χ4n) is 7.20. The highest BCUT2D eigenvalue weighted by atomic mass is 32.1. The number of anilines is 3. The summed E-state index contributed by atoms with van der Waals surface area (Å²) in [4.78, 5) is 2.40. The van der Waals surface area contributed by atoms with Crippen molar-refractivity contribution in [2.24, 2.45) is 0 Å². The van der Waals surface area contributed by atoms with E-state index in [0.29, 0.717) is 0 Å². The molecular formula is C46H29NS2. The predicted molar refractivity (Wildman–Crippen MR) is 215 cm³/mol. The van der Waals surface area contributed by atoms with Gasteiger partial charge in [0.15, 0.2) is 0 Å². The second kappa shape index (κ2) is 11.5. The van der Waals surface area contributed by atoms with E-state index in [9.17, 15) is 0 Å². The Bertz CT molecular complexity index is 2840. The molecule has 0 bridgehead atoms. The van der Waals surface area contributed by atoms with Gasteiger partial charge in [-0.05, 0) is 106 Å². The lowest BCUT2D eigenvalue weighted by Crippen LogP contribution is -2.10. The molecule has 49 heavy (non-hydrogen) atoms. The van der Waals surface area contributed by atoms with Crippen LogP contribution in [0.4, 0.5) is 17.1 Å². The molecule has 0 aliphatic rings. The van der Waals surface area contributed by atoms with Crippen LogP contribution in [0, 0.1) is 0 Å². The quantitative estimate of drug-likeness (QED) is 0.178. The van der Waals surface area contributed by atoms with Gasteiger partial charge in [0, 0.05) is 57.4 Å². The summed E-state index contributed by atoms with van der Waals surface area (Å²) in [6.45, 7) is 0. The van der Waals surface area contributed by atoms with Crippen molar-refractivity contribution >= 4 is 90.9 Å². The lowest BCUT2D eigenvalue weighted by Gasteiger charge is -2.26. The Labute approximate surface area is 292 Å². The van der Waals surface area contributed by atoms with E-state index < -0.39 is 0 Å². The predicted octanol–water partition coefficient (Wildman–Crippen LogP) is 14.4. The van der Waals surface area contributed by atoms with E-state index in [0.717, 1.165) is 17.1 Å². The van der Waals surface area contributed by atoms with Crippen LogP contribution in [0.3, 0.4) is 0 Å². The van der Waals surface area contributed by atoms with Gasteiger partial charge >= 0.3 is 0 Å². The SMILES string of the molecule is c1cc(-c2ccc3ccccc3c2)cc(N(c2ccc(-c3ccc4sc5ccccc5c4c3)cc2)c2ccc3sc4ccccc4c3c2)c1. The standard InChI is InChI=1S/C46H29NS2/c1-2-9-32-26-34(17-16-30(32)8-1)33-10-7-11-37(27-33)47(38-23-25-46-42(29-38)40-13-4-6-15-44(40)49-46)36-21-18-31(19-22-36)35-20-24-45-41(28-35)39-12-3-5-14-43(39)48-45/h1-29H. The summed E-state index contributed by atoms with van der Waals surface area (Å²) < 4.78 is 5.29. The molecule has 10 aromatic rings. The van der Waals surface area contributed by atoms with Crippen LogP contribution >= 0.6 is 22.7 Å². The van der Waals surface area contributed by atoms with Gasteiger partial charge in [0.1, 0.15) is 0 Å². The van der Waals surface area contributed by atoms with E-state index in [-0.39, 0.29) is 0 Å². The van der Waals surface area contributed by atoms with Crippen LogP contribution in [0.5, 0.6) is 0 Å². The maximum atomic E-state index is 2.40. The number of hydrogen-bond donors (Lipinski definition) is 0. The van der Waals surface area contributed by atoms with E-state index in [1.165, 1.54) is 73.4 Å². The van der Waals surface area contributed by atoms with Crippen LogP contribution in [-0.4, -0.2) is 0 Å². The average molecular weight is 660 g/mol. The second-order valence-corrected chi connectivity index (χ2v) is 14.7. The Morgan fingerprint density at radius 2 is 0.816 bits per heavy atom. The molecule has 2 aromatic heterocycles. The third-order valence-electron chi connectivity index (χ3n) is 9.64. The summed E-state index contributed by atoms with van der Waals surface area (Å²) in [5.74, 6) is 0. The maximum Gasteiger partial charge on any atom is 0.0468 e. The van der Waals surface area contributed by atoms with Crippen LogP contribution in [-0.2, 0) is 0 Å². The van der Waals surface area contributed by atoms with Gasteiger partial charge in [-0.1, -0.05) is 103 Å². The van der Waals surface area contributed by atoms with Gasteiger partial charge in [0.05, 0.1) is 0 Å². The summed E-state index contributed by atoms with van der Waals surface area (Å²) in [6.07, 6.45) is 0. The van der Waals surface area contributed by atoms with Gasteiger partial charge in [-0.25, -0.2) is 0 Å². The van der Waals surface area contributed by atoms with Gasteiger partial charge in [0.25, 0.3) is 0 Å². The van der Waals surface area contributed by atoms with Gasteiger partial charge in [0.2, 0.25) is 0 Å². The number of hydrogen-bond acceptors (Lipinski definition) is 3. The molecule has 1 nitrogen and oxygen atoms in total. The minimum atomic E-state index is 1.13. The molecule has 0 saturated heterocycles. The first kappa shape index (κ1) is 28.3. The largest absolute Gasteiger partial charge is 0.310 e. The first-order chi connectivity index (χ1) is 24.2. The highest BCUT2D eigenvalue weighted by Gasteiger charge is 2.16. The molecule has 0 fully saturated rings. The van der Waals surface area contributed by atoms with E-state index in [2.05, 4.69) is 181 Å². The fraction of sp³-hybridized carbons (Fsp3) is 0. The lowest BCUT2D eigenvalue weighted by molar-refractivity contribution is 1.29. The summed E-state index contributed by atoms with van der Waals surface area (Å²) in [6, 6.07) is 64.6. The number of benzene rings is 8. The van der Waals surface area contributed by atoms with Gasteiger partial charge in [-0.15, -0.1) is 22.7 Å². The zero-order chi connectivity index (χ0) is 32.3. The Kier molecular flexibility index (Phi) is 6.61. The Hall–Kier alpha value is -5.74. The Balaban J connectivity index is 1.10. The van der Waals surface area contributed by atoms with Crippen LogP contribution in [0.15, 0.2) is 176 Å². The first-order valence-electron chi connectivity index (χ1n) is 16.6. The first-order valence-corrected chi connectivity index (χ1v) is 18.2. The van der Waals surface area contributed by atoms with Gasteiger partial charge < -0.3 is 4.90 Å². The summed E-state index contributed by atoms with van der Waals surface area (Å²) in [7, 11) is 0.